The normalized spacial score (nSPS) is 10.7. The average Bonchev–Trinajstić information content (AvgIpc) is 3.19. The molecule has 0 atom stereocenters. The van der Waals surface area contributed by atoms with Crippen molar-refractivity contribution in [2.45, 2.75) is 26.2 Å². The summed E-state index contributed by atoms with van der Waals surface area (Å²) >= 11 is 0. The summed E-state index contributed by atoms with van der Waals surface area (Å²) in [7, 11) is 4.48. The van der Waals surface area contributed by atoms with E-state index in [9.17, 15) is 4.79 Å². The number of methoxy groups -OCH3 is 3. The van der Waals surface area contributed by atoms with Crippen molar-refractivity contribution in [2.24, 2.45) is 0 Å². The Kier molecular flexibility index (Phi) is 5.93. The standard InChI is InChI=1S/C19H23N5O4/c1-5-6-7-12-10-15(24-19(22-12)20-11-21-24)23-18(25)13-8-9-14(26-2)17(28-4)16(13)27-3/h8-11H,5-7H2,1-4H3,(H,23,25). The summed E-state index contributed by atoms with van der Waals surface area (Å²) in [6.45, 7) is 2.11. The van der Waals surface area contributed by atoms with E-state index in [0.717, 1.165) is 25.0 Å². The highest BCUT2D eigenvalue weighted by molar-refractivity contribution is 6.06. The fraction of sp³-hybridized carbons (Fsp3) is 0.368. The van der Waals surface area contributed by atoms with Crippen LogP contribution in [0.25, 0.3) is 5.78 Å². The van der Waals surface area contributed by atoms with Gasteiger partial charge in [0.15, 0.2) is 11.5 Å². The van der Waals surface area contributed by atoms with Gasteiger partial charge in [-0.25, -0.2) is 4.98 Å². The highest BCUT2D eigenvalue weighted by Crippen LogP contribution is 2.39. The number of aryl methyl sites for hydroxylation is 1. The van der Waals surface area contributed by atoms with E-state index >= 15 is 0 Å². The van der Waals surface area contributed by atoms with Gasteiger partial charge >= 0.3 is 0 Å². The number of hydrogen-bond donors (Lipinski definition) is 1. The zero-order chi connectivity index (χ0) is 20.1. The van der Waals surface area contributed by atoms with Crippen molar-refractivity contribution in [2.75, 3.05) is 26.6 Å². The number of carbonyl (C=O) groups excluding carboxylic acids is 1. The first-order valence-electron chi connectivity index (χ1n) is 8.92. The highest BCUT2D eigenvalue weighted by atomic mass is 16.5. The smallest absolute Gasteiger partial charge is 0.260 e. The second-order valence-corrected chi connectivity index (χ2v) is 6.04. The van der Waals surface area contributed by atoms with Crippen molar-refractivity contribution in [3.05, 3.63) is 35.8 Å². The molecule has 0 aliphatic heterocycles. The van der Waals surface area contributed by atoms with Crippen molar-refractivity contribution < 1.29 is 19.0 Å². The Balaban J connectivity index is 1.98. The predicted molar refractivity (Wildman–Crippen MR) is 103 cm³/mol. The van der Waals surface area contributed by atoms with Gasteiger partial charge in [-0.3, -0.25) is 4.79 Å². The molecule has 0 bridgehead atoms. The molecule has 0 spiro atoms. The molecule has 0 fully saturated rings. The lowest BCUT2D eigenvalue weighted by Crippen LogP contribution is -2.17. The Bertz CT molecular complexity index is 986. The van der Waals surface area contributed by atoms with E-state index in [4.69, 9.17) is 14.2 Å². The highest BCUT2D eigenvalue weighted by Gasteiger charge is 2.21. The van der Waals surface area contributed by atoms with E-state index in [0.29, 0.717) is 28.7 Å². The average molecular weight is 385 g/mol. The minimum atomic E-state index is -0.373. The second kappa shape index (κ2) is 8.55. The van der Waals surface area contributed by atoms with Gasteiger partial charge in [-0.05, 0) is 25.0 Å². The number of ether oxygens (including phenoxy) is 3. The molecule has 1 N–H and O–H groups in total. The first kappa shape index (κ1) is 19.4. The van der Waals surface area contributed by atoms with Gasteiger partial charge in [-0.1, -0.05) is 13.3 Å². The van der Waals surface area contributed by atoms with Crippen LogP contribution in [-0.2, 0) is 6.42 Å². The molecule has 0 aliphatic carbocycles. The van der Waals surface area contributed by atoms with Crippen LogP contribution < -0.4 is 19.5 Å². The maximum absolute atomic E-state index is 13.0. The summed E-state index contributed by atoms with van der Waals surface area (Å²) < 4.78 is 17.5. The molecule has 148 valence electrons. The number of unbranched alkanes of at least 4 members (excludes halogenated alkanes) is 1. The van der Waals surface area contributed by atoms with Gasteiger partial charge in [-0.15, -0.1) is 0 Å². The van der Waals surface area contributed by atoms with Crippen molar-refractivity contribution >= 4 is 17.5 Å². The van der Waals surface area contributed by atoms with Crippen LogP contribution in [0.15, 0.2) is 24.5 Å². The van der Waals surface area contributed by atoms with Crippen LogP contribution in [0.4, 0.5) is 5.82 Å². The SMILES string of the molecule is CCCCc1cc(NC(=O)c2ccc(OC)c(OC)c2OC)n2ncnc2n1. The molecule has 0 aliphatic rings. The molecule has 3 rings (SSSR count). The number of anilines is 1. The van der Waals surface area contributed by atoms with E-state index in [1.54, 1.807) is 12.1 Å². The molecule has 9 heteroatoms. The summed E-state index contributed by atoms with van der Waals surface area (Å²) in [4.78, 5) is 21.6. The molecule has 1 amide bonds. The molecule has 0 saturated heterocycles. The quantitative estimate of drug-likeness (QED) is 0.636. The van der Waals surface area contributed by atoms with Crippen LogP contribution in [0.5, 0.6) is 17.2 Å². The number of nitrogens with zero attached hydrogens (tertiary/aromatic N) is 4. The summed E-state index contributed by atoms with van der Waals surface area (Å²) in [5.41, 5.74) is 1.15. The molecule has 28 heavy (non-hydrogen) atoms. The number of benzene rings is 1. The molecule has 0 radical (unpaired) electrons. The van der Waals surface area contributed by atoms with Crippen LogP contribution in [0.3, 0.4) is 0 Å². The van der Waals surface area contributed by atoms with Crippen molar-refractivity contribution in [1.82, 2.24) is 19.6 Å². The third-order valence-corrected chi connectivity index (χ3v) is 4.28. The fourth-order valence-corrected chi connectivity index (χ4v) is 2.90. The van der Waals surface area contributed by atoms with Crippen LogP contribution in [0.2, 0.25) is 0 Å². The number of hydrogen-bond acceptors (Lipinski definition) is 7. The molecule has 1 aromatic carbocycles. The molecule has 0 unspecified atom stereocenters. The maximum Gasteiger partial charge on any atom is 0.260 e. The van der Waals surface area contributed by atoms with Gasteiger partial charge in [-0.2, -0.15) is 14.6 Å². The molecule has 0 saturated carbocycles. The minimum absolute atomic E-state index is 0.287. The number of carbonyl (C=O) groups is 1. The summed E-state index contributed by atoms with van der Waals surface area (Å²) in [6.07, 6.45) is 4.24. The molecule has 2 heterocycles. The molecule has 3 aromatic rings. The Hall–Kier alpha value is -3.36. The van der Waals surface area contributed by atoms with Gasteiger partial charge in [0, 0.05) is 11.8 Å². The van der Waals surface area contributed by atoms with E-state index < -0.39 is 0 Å². The van der Waals surface area contributed by atoms with Gasteiger partial charge < -0.3 is 19.5 Å². The Morgan fingerprint density at radius 3 is 2.61 bits per heavy atom. The molecular weight excluding hydrogens is 362 g/mol. The van der Waals surface area contributed by atoms with Crippen LogP contribution >= 0.6 is 0 Å². The molecule has 9 nitrogen and oxygen atoms in total. The van der Waals surface area contributed by atoms with E-state index in [1.807, 2.05) is 6.07 Å². The first-order chi connectivity index (χ1) is 13.6. The van der Waals surface area contributed by atoms with Gasteiger partial charge in [0.1, 0.15) is 12.1 Å². The second-order valence-electron chi connectivity index (χ2n) is 6.04. The van der Waals surface area contributed by atoms with Crippen LogP contribution in [-0.4, -0.2) is 46.8 Å². The third kappa shape index (κ3) is 3.68. The zero-order valence-corrected chi connectivity index (χ0v) is 16.4. The summed E-state index contributed by atoms with van der Waals surface area (Å²) in [5.74, 6) is 1.65. The molecular formula is C19H23N5O4. The van der Waals surface area contributed by atoms with Gasteiger partial charge in [0.05, 0.1) is 26.9 Å². The van der Waals surface area contributed by atoms with Gasteiger partial charge in [0.2, 0.25) is 5.75 Å². The topological polar surface area (TPSA) is 99.9 Å². The first-order valence-corrected chi connectivity index (χ1v) is 8.92. The number of fused-ring (bicyclic) bond motifs is 1. The number of nitrogens with one attached hydrogen (secondary N) is 1. The lowest BCUT2D eigenvalue weighted by atomic mass is 10.1. The summed E-state index contributed by atoms with van der Waals surface area (Å²) in [5, 5.41) is 7.02. The monoisotopic (exact) mass is 385 g/mol. The van der Waals surface area contributed by atoms with E-state index in [1.165, 1.54) is 32.2 Å². The minimum Gasteiger partial charge on any atom is -0.493 e. The Morgan fingerprint density at radius 1 is 1.14 bits per heavy atom. The fourth-order valence-electron chi connectivity index (χ4n) is 2.90. The van der Waals surface area contributed by atoms with E-state index in [2.05, 4.69) is 27.3 Å². The van der Waals surface area contributed by atoms with Crippen molar-refractivity contribution in [1.29, 1.82) is 0 Å². The summed E-state index contributed by atoms with van der Waals surface area (Å²) in [6, 6.07) is 5.08. The van der Waals surface area contributed by atoms with Crippen molar-refractivity contribution in [3.8, 4) is 17.2 Å². The lowest BCUT2D eigenvalue weighted by molar-refractivity contribution is 0.102. The maximum atomic E-state index is 13.0. The molecule has 2 aromatic heterocycles. The number of rotatable bonds is 8. The zero-order valence-electron chi connectivity index (χ0n) is 16.4. The van der Waals surface area contributed by atoms with Crippen molar-refractivity contribution in [3.63, 3.8) is 0 Å². The Labute approximate surface area is 162 Å². The van der Waals surface area contributed by atoms with E-state index in [-0.39, 0.29) is 11.7 Å². The lowest BCUT2D eigenvalue weighted by Gasteiger charge is -2.16. The number of amides is 1. The Morgan fingerprint density at radius 2 is 1.93 bits per heavy atom. The third-order valence-electron chi connectivity index (χ3n) is 4.28. The van der Waals surface area contributed by atoms with Crippen LogP contribution in [0.1, 0.15) is 35.8 Å². The van der Waals surface area contributed by atoms with Gasteiger partial charge in [0.25, 0.3) is 11.7 Å². The predicted octanol–water partition coefficient (Wildman–Crippen LogP) is 2.75. The van der Waals surface area contributed by atoms with Crippen LogP contribution in [0, 0.1) is 0 Å². The largest absolute Gasteiger partial charge is 0.493 e. The number of aromatic nitrogens is 4.